The first kappa shape index (κ1) is 18.1. The van der Waals surface area contributed by atoms with E-state index in [-0.39, 0.29) is 0 Å². The van der Waals surface area contributed by atoms with Crippen molar-refractivity contribution in [1.82, 2.24) is 9.47 Å². The number of aromatic nitrogens is 1. The third kappa shape index (κ3) is 3.38. The number of rotatable bonds is 6. The Morgan fingerprint density at radius 2 is 1.78 bits per heavy atom. The first-order valence-corrected chi connectivity index (χ1v) is 9.88. The van der Waals surface area contributed by atoms with Crippen LogP contribution in [0.4, 0.5) is 0 Å². The molecule has 140 valence electrons. The maximum Gasteiger partial charge on any atom is 0.119 e. The molecule has 0 bridgehead atoms. The SMILES string of the molecule is CCOc1ccc2c(ccc3c4cc(Cl)ccc4n(CCCN(C)C)c23)c1. The molecule has 0 spiro atoms. The first-order valence-electron chi connectivity index (χ1n) is 9.50. The van der Waals surface area contributed by atoms with Gasteiger partial charge in [-0.05, 0) is 75.8 Å². The fraction of sp³-hybridized carbons (Fsp3) is 0.304. The summed E-state index contributed by atoms with van der Waals surface area (Å²) in [5.74, 6) is 0.919. The molecule has 0 saturated carbocycles. The zero-order valence-electron chi connectivity index (χ0n) is 16.1. The fourth-order valence-corrected chi connectivity index (χ4v) is 4.09. The highest BCUT2D eigenvalue weighted by atomic mass is 35.5. The monoisotopic (exact) mass is 380 g/mol. The molecule has 1 aromatic heterocycles. The van der Waals surface area contributed by atoms with E-state index in [1.807, 2.05) is 13.0 Å². The average molecular weight is 381 g/mol. The summed E-state index contributed by atoms with van der Waals surface area (Å²) in [4.78, 5) is 2.23. The molecule has 27 heavy (non-hydrogen) atoms. The number of ether oxygens (including phenoxy) is 1. The van der Waals surface area contributed by atoms with Crippen molar-refractivity contribution in [2.75, 3.05) is 27.2 Å². The van der Waals surface area contributed by atoms with Crippen molar-refractivity contribution in [3.63, 3.8) is 0 Å². The topological polar surface area (TPSA) is 17.4 Å². The van der Waals surface area contributed by atoms with Gasteiger partial charge in [-0.15, -0.1) is 0 Å². The number of benzene rings is 3. The van der Waals surface area contributed by atoms with E-state index in [1.165, 1.54) is 32.6 Å². The number of nitrogens with zero attached hydrogens (tertiary/aromatic N) is 2. The molecule has 1 heterocycles. The van der Waals surface area contributed by atoms with Crippen LogP contribution in [0, 0.1) is 0 Å². The molecule has 0 aliphatic heterocycles. The van der Waals surface area contributed by atoms with Crippen molar-refractivity contribution >= 4 is 44.2 Å². The quantitative estimate of drug-likeness (QED) is 0.411. The first-order chi connectivity index (χ1) is 13.1. The van der Waals surface area contributed by atoms with E-state index in [1.54, 1.807) is 0 Å². The van der Waals surface area contributed by atoms with Crippen LogP contribution >= 0.6 is 11.6 Å². The number of aryl methyl sites for hydroxylation is 1. The second kappa shape index (κ2) is 7.41. The lowest BCUT2D eigenvalue weighted by atomic mass is 10.1. The summed E-state index contributed by atoms with van der Waals surface area (Å²) in [6.45, 7) is 4.73. The fourth-order valence-electron chi connectivity index (χ4n) is 3.91. The van der Waals surface area contributed by atoms with E-state index in [9.17, 15) is 0 Å². The smallest absolute Gasteiger partial charge is 0.119 e. The molecule has 0 fully saturated rings. The van der Waals surface area contributed by atoms with E-state index < -0.39 is 0 Å². The molecule has 3 nitrogen and oxygen atoms in total. The number of fused-ring (bicyclic) bond motifs is 5. The summed E-state index contributed by atoms with van der Waals surface area (Å²) >= 11 is 6.32. The highest BCUT2D eigenvalue weighted by Gasteiger charge is 2.14. The van der Waals surface area contributed by atoms with Crippen molar-refractivity contribution in [2.24, 2.45) is 0 Å². The minimum Gasteiger partial charge on any atom is -0.494 e. The summed E-state index contributed by atoms with van der Waals surface area (Å²) in [5.41, 5.74) is 2.53. The highest BCUT2D eigenvalue weighted by Crippen LogP contribution is 2.36. The third-order valence-corrected chi connectivity index (χ3v) is 5.31. The lowest BCUT2D eigenvalue weighted by Gasteiger charge is -2.13. The van der Waals surface area contributed by atoms with Gasteiger partial charge in [0.2, 0.25) is 0 Å². The van der Waals surface area contributed by atoms with Crippen molar-refractivity contribution in [3.8, 4) is 5.75 Å². The number of hydrogen-bond acceptors (Lipinski definition) is 2. The van der Waals surface area contributed by atoms with Crippen molar-refractivity contribution < 1.29 is 4.74 Å². The Morgan fingerprint density at radius 3 is 2.56 bits per heavy atom. The van der Waals surface area contributed by atoms with Gasteiger partial charge in [-0.25, -0.2) is 0 Å². The summed E-state index contributed by atoms with van der Waals surface area (Å²) in [5, 5.41) is 5.72. The van der Waals surface area contributed by atoms with Crippen LogP contribution in [0.3, 0.4) is 0 Å². The molecule has 4 rings (SSSR count). The van der Waals surface area contributed by atoms with Gasteiger partial charge >= 0.3 is 0 Å². The van der Waals surface area contributed by atoms with Gasteiger partial charge in [0.05, 0.1) is 12.1 Å². The zero-order chi connectivity index (χ0) is 19.0. The average Bonchev–Trinajstić information content (AvgIpc) is 2.95. The zero-order valence-corrected chi connectivity index (χ0v) is 16.9. The lowest BCUT2D eigenvalue weighted by Crippen LogP contribution is -2.15. The molecule has 4 aromatic rings. The van der Waals surface area contributed by atoms with Crippen LogP contribution in [0.1, 0.15) is 13.3 Å². The predicted molar refractivity (Wildman–Crippen MR) is 116 cm³/mol. The molecular formula is C23H25ClN2O. The molecule has 0 amide bonds. The largest absolute Gasteiger partial charge is 0.494 e. The van der Waals surface area contributed by atoms with E-state index in [0.717, 1.165) is 30.3 Å². The normalized spacial score (nSPS) is 11.9. The highest BCUT2D eigenvalue weighted by molar-refractivity contribution is 6.32. The van der Waals surface area contributed by atoms with Gasteiger partial charge in [-0.2, -0.15) is 0 Å². The molecule has 0 radical (unpaired) electrons. The Kier molecular flexibility index (Phi) is 4.98. The Balaban J connectivity index is 1.96. The van der Waals surface area contributed by atoms with E-state index in [4.69, 9.17) is 16.3 Å². The molecule has 0 saturated heterocycles. The van der Waals surface area contributed by atoms with Gasteiger partial charge in [-0.3, -0.25) is 0 Å². The maximum atomic E-state index is 6.32. The molecule has 0 N–H and O–H groups in total. The minimum absolute atomic E-state index is 0.678. The van der Waals surface area contributed by atoms with Crippen LogP contribution in [0.15, 0.2) is 48.5 Å². The van der Waals surface area contributed by atoms with E-state index >= 15 is 0 Å². The van der Waals surface area contributed by atoms with Crippen molar-refractivity contribution in [3.05, 3.63) is 53.6 Å². The van der Waals surface area contributed by atoms with Gasteiger partial charge in [0.25, 0.3) is 0 Å². The van der Waals surface area contributed by atoms with Crippen LogP contribution in [0.5, 0.6) is 5.75 Å². The predicted octanol–water partition coefficient (Wildman–Crippen LogP) is 5.95. The lowest BCUT2D eigenvalue weighted by molar-refractivity contribution is 0.341. The van der Waals surface area contributed by atoms with E-state index in [0.29, 0.717) is 6.61 Å². The Morgan fingerprint density at radius 1 is 0.963 bits per heavy atom. The third-order valence-electron chi connectivity index (χ3n) is 5.07. The molecule has 0 aliphatic rings. The summed E-state index contributed by atoms with van der Waals surface area (Å²) in [6, 6.07) is 17.0. The molecule has 0 aliphatic carbocycles. The maximum absolute atomic E-state index is 6.32. The Hall–Kier alpha value is -2.23. The van der Waals surface area contributed by atoms with Crippen LogP contribution in [0.25, 0.3) is 32.6 Å². The standard InChI is InChI=1S/C23H25ClN2O/c1-4-27-18-8-10-19-16(14-18)6-9-20-21-15-17(24)7-11-22(21)26(23(19)20)13-5-12-25(2)3/h6-11,14-15H,4-5,12-13H2,1-3H3. The number of hydrogen-bond donors (Lipinski definition) is 0. The van der Waals surface area contributed by atoms with E-state index in [2.05, 4.69) is 66.0 Å². The molecular weight excluding hydrogens is 356 g/mol. The molecule has 0 atom stereocenters. The van der Waals surface area contributed by atoms with Crippen molar-refractivity contribution in [2.45, 2.75) is 19.9 Å². The van der Waals surface area contributed by atoms with Gasteiger partial charge in [0.15, 0.2) is 0 Å². The summed E-state index contributed by atoms with van der Waals surface area (Å²) in [7, 11) is 4.24. The van der Waals surface area contributed by atoms with Gasteiger partial charge < -0.3 is 14.2 Å². The Labute approximate surface area is 165 Å². The summed E-state index contributed by atoms with van der Waals surface area (Å²) in [6.07, 6.45) is 1.10. The minimum atomic E-state index is 0.678. The van der Waals surface area contributed by atoms with Gasteiger partial charge in [-0.1, -0.05) is 23.7 Å². The van der Waals surface area contributed by atoms with Crippen LogP contribution < -0.4 is 4.74 Å². The van der Waals surface area contributed by atoms with Crippen LogP contribution in [-0.2, 0) is 6.54 Å². The van der Waals surface area contributed by atoms with Crippen LogP contribution in [-0.4, -0.2) is 36.7 Å². The second-order valence-electron chi connectivity index (χ2n) is 7.25. The van der Waals surface area contributed by atoms with Crippen LogP contribution in [0.2, 0.25) is 5.02 Å². The molecule has 4 heteroatoms. The van der Waals surface area contributed by atoms with Crippen molar-refractivity contribution in [1.29, 1.82) is 0 Å². The Bertz CT molecular complexity index is 1110. The number of halogens is 1. The molecule has 0 unspecified atom stereocenters. The van der Waals surface area contributed by atoms with Gasteiger partial charge in [0.1, 0.15) is 5.75 Å². The van der Waals surface area contributed by atoms with Gasteiger partial charge in [0, 0.05) is 33.2 Å². The second-order valence-corrected chi connectivity index (χ2v) is 7.68. The molecule has 3 aromatic carbocycles. The summed E-state index contributed by atoms with van der Waals surface area (Å²) < 4.78 is 8.14.